The molecule has 1 N–H and O–H groups in total. The van der Waals surface area contributed by atoms with E-state index in [0.29, 0.717) is 31.1 Å². The van der Waals surface area contributed by atoms with Crippen molar-refractivity contribution in [3.8, 4) is 11.5 Å². The molecule has 27 heavy (non-hydrogen) atoms. The molecule has 1 heterocycles. The SMILES string of the molecule is COc1ccc(CN(Cc2cccc3cccnc23)C[C@@H](C)O)cc1OC. The summed E-state index contributed by atoms with van der Waals surface area (Å²) in [5.74, 6) is 1.42. The van der Waals surface area contributed by atoms with Crippen molar-refractivity contribution in [2.75, 3.05) is 20.8 Å². The van der Waals surface area contributed by atoms with Gasteiger partial charge in [0.25, 0.3) is 0 Å². The molecular weight excluding hydrogens is 340 g/mol. The maximum absolute atomic E-state index is 9.97. The van der Waals surface area contributed by atoms with Crippen molar-refractivity contribution in [3.05, 3.63) is 65.9 Å². The van der Waals surface area contributed by atoms with Crippen LogP contribution in [-0.2, 0) is 13.1 Å². The van der Waals surface area contributed by atoms with E-state index in [2.05, 4.69) is 34.1 Å². The first-order valence-corrected chi connectivity index (χ1v) is 9.04. The molecule has 2 aromatic carbocycles. The summed E-state index contributed by atoms with van der Waals surface area (Å²) in [6.07, 6.45) is 1.40. The van der Waals surface area contributed by atoms with Gasteiger partial charge in [-0.25, -0.2) is 0 Å². The van der Waals surface area contributed by atoms with Crippen molar-refractivity contribution >= 4 is 10.9 Å². The summed E-state index contributed by atoms with van der Waals surface area (Å²) >= 11 is 0. The van der Waals surface area contributed by atoms with Gasteiger partial charge in [0, 0.05) is 31.2 Å². The van der Waals surface area contributed by atoms with E-state index in [0.717, 1.165) is 22.0 Å². The van der Waals surface area contributed by atoms with Crippen molar-refractivity contribution in [1.82, 2.24) is 9.88 Å². The zero-order chi connectivity index (χ0) is 19.2. The number of aliphatic hydroxyl groups is 1. The lowest BCUT2D eigenvalue weighted by atomic mass is 10.1. The third-order valence-electron chi connectivity index (χ3n) is 4.49. The lowest BCUT2D eigenvalue weighted by molar-refractivity contribution is 0.118. The monoisotopic (exact) mass is 366 g/mol. The number of rotatable bonds is 8. The number of hydrogen-bond donors (Lipinski definition) is 1. The molecule has 5 nitrogen and oxygen atoms in total. The Morgan fingerprint density at radius 3 is 2.52 bits per heavy atom. The maximum atomic E-state index is 9.97. The average Bonchev–Trinajstić information content (AvgIpc) is 2.67. The number of ether oxygens (including phenoxy) is 2. The highest BCUT2D eigenvalue weighted by Gasteiger charge is 2.14. The first kappa shape index (κ1) is 19.1. The van der Waals surface area contributed by atoms with Crippen LogP contribution >= 0.6 is 0 Å². The van der Waals surface area contributed by atoms with Gasteiger partial charge in [-0.15, -0.1) is 0 Å². The van der Waals surface area contributed by atoms with Crippen LogP contribution < -0.4 is 9.47 Å². The van der Waals surface area contributed by atoms with Crippen molar-refractivity contribution < 1.29 is 14.6 Å². The molecule has 5 heteroatoms. The highest BCUT2D eigenvalue weighted by atomic mass is 16.5. The summed E-state index contributed by atoms with van der Waals surface area (Å²) in [5, 5.41) is 11.1. The van der Waals surface area contributed by atoms with Gasteiger partial charge in [0.2, 0.25) is 0 Å². The van der Waals surface area contributed by atoms with Crippen molar-refractivity contribution in [1.29, 1.82) is 0 Å². The minimum atomic E-state index is -0.423. The van der Waals surface area contributed by atoms with Crippen LogP contribution in [0.5, 0.6) is 11.5 Å². The second-order valence-corrected chi connectivity index (χ2v) is 6.70. The number of nitrogens with zero attached hydrogens (tertiary/aromatic N) is 2. The van der Waals surface area contributed by atoms with Gasteiger partial charge >= 0.3 is 0 Å². The largest absolute Gasteiger partial charge is 0.493 e. The Balaban J connectivity index is 1.86. The summed E-state index contributed by atoms with van der Waals surface area (Å²) in [6, 6.07) is 16.2. The quantitative estimate of drug-likeness (QED) is 0.660. The molecule has 0 fully saturated rings. The molecule has 1 aromatic heterocycles. The minimum Gasteiger partial charge on any atom is -0.493 e. The Morgan fingerprint density at radius 1 is 1.00 bits per heavy atom. The van der Waals surface area contributed by atoms with Crippen molar-refractivity contribution in [2.24, 2.45) is 0 Å². The Morgan fingerprint density at radius 2 is 1.78 bits per heavy atom. The Kier molecular flexibility index (Phi) is 6.27. The topological polar surface area (TPSA) is 54.8 Å². The fourth-order valence-corrected chi connectivity index (χ4v) is 3.33. The van der Waals surface area contributed by atoms with E-state index in [1.807, 2.05) is 37.4 Å². The molecule has 0 aliphatic heterocycles. The zero-order valence-electron chi connectivity index (χ0n) is 16.1. The predicted octanol–water partition coefficient (Wildman–Crippen LogP) is 3.64. The van der Waals surface area contributed by atoms with E-state index >= 15 is 0 Å². The van der Waals surface area contributed by atoms with Gasteiger partial charge in [0.05, 0.1) is 25.8 Å². The van der Waals surface area contributed by atoms with E-state index < -0.39 is 6.10 Å². The summed E-state index contributed by atoms with van der Waals surface area (Å²) < 4.78 is 10.7. The maximum Gasteiger partial charge on any atom is 0.161 e. The molecule has 0 aliphatic rings. The fraction of sp³-hybridized carbons (Fsp3) is 0.318. The zero-order valence-corrected chi connectivity index (χ0v) is 16.1. The molecule has 0 unspecified atom stereocenters. The van der Waals surface area contributed by atoms with Crippen LogP contribution in [0.15, 0.2) is 54.7 Å². The van der Waals surface area contributed by atoms with E-state index in [4.69, 9.17) is 9.47 Å². The van der Waals surface area contributed by atoms with Gasteiger partial charge < -0.3 is 14.6 Å². The number of fused-ring (bicyclic) bond motifs is 1. The highest BCUT2D eigenvalue weighted by molar-refractivity contribution is 5.81. The van der Waals surface area contributed by atoms with Gasteiger partial charge in [0.1, 0.15) is 0 Å². The molecule has 0 aliphatic carbocycles. The molecule has 0 amide bonds. The first-order valence-electron chi connectivity index (χ1n) is 9.04. The van der Waals surface area contributed by atoms with Gasteiger partial charge in [-0.3, -0.25) is 9.88 Å². The number of aromatic nitrogens is 1. The summed E-state index contributed by atoms with van der Waals surface area (Å²) in [5.41, 5.74) is 3.25. The van der Waals surface area contributed by atoms with Crippen LogP contribution in [0, 0.1) is 0 Å². The lowest BCUT2D eigenvalue weighted by Crippen LogP contribution is -2.30. The number of hydrogen-bond acceptors (Lipinski definition) is 5. The van der Waals surface area contributed by atoms with Crippen LogP contribution in [0.3, 0.4) is 0 Å². The predicted molar refractivity (Wildman–Crippen MR) is 107 cm³/mol. The molecule has 0 saturated heterocycles. The Hall–Kier alpha value is -2.63. The summed E-state index contributed by atoms with van der Waals surface area (Å²) in [6.45, 7) is 3.77. The van der Waals surface area contributed by atoms with Crippen LogP contribution in [0.1, 0.15) is 18.1 Å². The standard InChI is InChI=1S/C22H26N2O3/c1-16(25)13-24(14-17-9-10-20(26-2)21(12-17)27-3)15-19-7-4-6-18-8-5-11-23-22(18)19/h4-12,16,25H,13-15H2,1-3H3/t16-/m1/s1. The molecule has 142 valence electrons. The Labute approximate surface area is 160 Å². The third kappa shape index (κ3) is 4.76. The van der Waals surface area contributed by atoms with Gasteiger partial charge in [-0.1, -0.05) is 30.3 Å². The number of pyridine rings is 1. The molecule has 3 aromatic rings. The molecule has 0 spiro atoms. The fourth-order valence-electron chi connectivity index (χ4n) is 3.33. The molecule has 0 saturated carbocycles. The summed E-state index contributed by atoms with van der Waals surface area (Å²) in [4.78, 5) is 6.76. The number of methoxy groups -OCH3 is 2. The molecule has 1 atom stereocenters. The summed E-state index contributed by atoms with van der Waals surface area (Å²) in [7, 11) is 3.27. The minimum absolute atomic E-state index is 0.423. The smallest absolute Gasteiger partial charge is 0.161 e. The van der Waals surface area contributed by atoms with E-state index in [-0.39, 0.29) is 0 Å². The van der Waals surface area contributed by atoms with Gasteiger partial charge in [0.15, 0.2) is 11.5 Å². The van der Waals surface area contributed by atoms with Gasteiger partial charge in [-0.2, -0.15) is 0 Å². The highest BCUT2D eigenvalue weighted by Crippen LogP contribution is 2.28. The van der Waals surface area contributed by atoms with Gasteiger partial charge in [-0.05, 0) is 36.2 Å². The molecule has 0 bridgehead atoms. The first-order chi connectivity index (χ1) is 13.1. The van der Waals surface area contributed by atoms with Crippen LogP contribution in [0.25, 0.3) is 10.9 Å². The van der Waals surface area contributed by atoms with E-state index in [9.17, 15) is 5.11 Å². The van der Waals surface area contributed by atoms with Crippen LogP contribution in [-0.4, -0.2) is 41.9 Å². The van der Waals surface area contributed by atoms with Crippen molar-refractivity contribution in [3.63, 3.8) is 0 Å². The number of aliphatic hydroxyl groups excluding tert-OH is 1. The second kappa shape index (κ2) is 8.84. The normalized spacial score (nSPS) is 12.3. The average molecular weight is 366 g/mol. The molecular formula is C22H26N2O3. The number of para-hydroxylation sites is 1. The Bertz CT molecular complexity index is 890. The van der Waals surface area contributed by atoms with Crippen LogP contribution in [0.2, 0.25) is 0 Å². The van der Waals surface area contributed by atoms with E-state index in [1.54, 1.807) is 14.2 Å². The second-order valence-electron chi connectivity index (χ2n) is 6.70. The molecule has 3 rings (SSSR count). The van der Waals surface area contributed by atoms with Crippen LogP contribution in [0.4, 0.5) is 0 Å². The molecule has 0 radical (unpaired) electrons. The van der Waals surface area contributed by atoms with Crippen molar-refractivity contribution in [2.45, 2.75) is 26.1 Å². The van der Waals surface area contributed by atoms with E-state index in [1.165, 1.54) is 0 Å². The lowest BCUT2D eigenvalue weighted by Gasteiger charge is -2.25. The third-order valence-corrected chi connectivity index (χ3v) is 4.49. The number of benzene rings is 2.